The van der Waals surface area contributed by atoms with Gasteiger partial charge < -0.3 is 10.4 Å². The van der Waals surface area contributed by atoms with E-state index in [4.69, 9.17) is 5.11 Å². The van der Waals surface area contributed by atoms with E-state index in [1.807, 2.05) is 4.90 Å². The molecule has 1 heterocycles. The lowest BCUT2D eigenvalue weighted by Crippen LogP contribution is -2.51. The Kier molecular flexibility index (Phi) is 6.96. The number of halogens is 3. The number of β-amino-alcohol motifs (C(OH)–C–C–N with tert-alkyl or cyclic N) is 1. The zero-order valence-corrected chi connectivity index (χ0v) is 13.2. The first-order valence-corrected chi connectivity index (χ1v) is 8.59. The smallest absolute Gasteiger partial charge is 0.389 e. The van der Waals surface area contributed by atoms with Crippen molar-refractivity contribution in [2.75, 3.05) is 32.8 Å². The molecule has 2 rings (SSSR count). The Morgan fingerprint density at radius 2 is 1.77 bits per heavy atom. The van der Waals surface area contributed by atoms with Crippen molar-refractivity contribution in [1.29, 1.82) is 0 Å². The monoisotopic (exact) mass is 322 g/mol. The standard InChI is InChI=1S/C16H29F3N2O/c17-16(18,19)9-14-8-15(12-21(11-14)6-7-22)20-10-13-4-2-1-3-5-13/h13-15,20,22H,1-12H2. The molecule has 0 aromatic rings. The third-order valence-corrected chi connectivity index (χ3v) is 4.97. The maximum absolute atomic E-state index is 12.7. The van der Waals surface area contributed by atoms with Gasteiger partial charge in [0.05, 0.1) is 6.61 Å². The lowest BCUT2D eigenvalue weighted by Gasteiger charge is -2.39. The Morgan fingerprint density at radius 1 is 1.05 bits per heavy atom. The number of rotatable bonds is 6. The van der Waals surface area contributed by atoms with Crippen molar-refractivity contribution in [3.63, 3.8) is 0 Å². The highest BCUT2D eigenvalue weighted by Gasteiger charge is 2.36. The van der Waals surface area contributed by atoms with E-state index in [0.717, 1.165) is 13.1 Å². The Bertz CT molecular complexity index is 319. The molecule has 0 radical (unpaired) electrons. The first kappa shape index (κ1) is 18.0. The maximum Gasteiger partial charge on any atom is 0.389 e. The first-order valence-electron chi connectivity index (χ1n) is 8.59. The second kappa shape index (κ2) is 8.50. The van der Waals surface area contributed by atoms with Crippen molar-refractivity contribution in [2.24, 2.45) is 11.8 Å². The highest BCUT2D eigenvalue weighted by molar-refractivity contribution is 4.85. The summed E-state index contributed by atoms with van der Waals surface area (Å²) >= 11 is 0. The molecule has 0 spiro atoms. The van der Waals surface area contributed by atoms with Gasteiger partial charge in [-0.15, -0.1) is 0 Å². The fourth-order valence-electron chi connectivity index (χ4n) is 3.97. The predicted molar refractivity (Wildman–Crippen MR) is 80.7 cm³/mol. The molecule has 0 aromatic heterocycles. The summed E-state index contributed by atoms with van der Waals surface area (Å²) in [6.45, 7) is 2.60. The van der Waals surface area contributed by atoms with Gasteiger partial charge in [-0.05, 0) is 37.6 Å². The molecule has 3 nitrogen and oxygen atoms in total. The van der Waals surface area contributed by atoms with Gasteiger partial charge in [0.15, 0.2) is 0 Å². The topological polar surface area (TPSA) is 35.5 Å². The SMILES string of the molecule is OCCN1CC(CC(F)(F)F)CC(NCC2CCCCC2)C1. The molecule has 2 unspecified atom stereocenters. The molecular weight excluding hydrogens is 293 g/mol. The molecular formula is C16H29F3N2O. The minimum absolute atomic E-state index is 0.00802. The van der Waals surface area contributed by atoms with Gasteiger partial charge in [0.2, 0.25) is 0 Å². The lowest BCUT2D eigenvalue weighted by atomic mass is 9.88. The molecule has 1 aliphatic carbocycles. The summed E-state index contributed by atoms with van der Waals surface area (Å²) in [5, 5.41) is 12.6. The predicted octanol–water partition coefficient (Wildman–Crippen LogP) is 2.79. The van der Waals surface area contributed by atoms with Crippen molar-refractivity contribution in [1.82, 2.24) is 10.2 Å². The van der Waals surface area contributed by atoms with Crippen LogP contribution in [-0.2, 0) is 0 Å². The van der Waals surface area contributed by atoms with E-state index >= 15 is 0 Å². The number of alkyl halides is 3. The summed E-state index contributed by atoms with van der Waals surface area (Å²) in [6, 6.07) is 0.120. The van der Waals surface area contributed by atoms with E-state index in [1.54, 1.807) is 0 Å². The largest absolute Gasteiger partial charge is 0.395 e. The maximum atomic E-state index is 12.7. The van der Waals surface area contributed by atoms with E-state index in [9.17, 15) is 13.2 Å². The molecule has 2 atom stereocenters. The van der Waals surface area contributed by atoms with Gasteiger partial charge >= 0.3 is 6.18 Å². The van der Waals surface area contributed by atoms with Crippen molar-refractivity contribution in [2.45, 2.75) is 57.2 Å². The molecule has 1 saturated heterocycles. The summed E-state index contributed by atoms with van der Waals surface area (Å²) in [4.78, 5) is 1.97. The number of likely N-dealkylation sites (tertiary alicyclic amines) is 1. The molecule has 0 bridgehead atoms. The number of aliphatic hydroxyl groups is 1. The number of hydrogen-bond acceptors (Lipinski definition) is 3. The van der Waals surface area contributed by atoms with E-state index in [1.165, 1.54) is 32.1 Å². The van der Waals surface area contributed by atoms with Crippen molar-refractivity contribution in [3.8, 4) is 0 Å². The Morgan fingerprint density at radius 3 is 2.41 bits per heavy atom. The number of aliphatic hydroxyl groups excluding tert-OH is 1. The van der Waals surface area contributed by atoms with Crippen LogP contribution in [0.3, 0.4) is 0 Å². The lowest BCUT2D eigenvalue weighted by molar-refractivity contribution is -0.149. The zero-order valence-electron chi connectivity index (χ0n) is 13.2. The van der Waals surface area contributed by atoms with Crippen LogP contribution in [0.15, 0.2) is 0 Å². The van der Waals surface area contributed by atoms with Gasteiger partial charge in [-0.1, -0.05) is 19.3 Å². The van der Waals surface area contributed by atoms with Crippen LogP contribution < -0.4 is 5.32 Å². The minimum atomic E-state index is -4.10. The number of piperidine rings is 1. The number of nitrogens with one attached hydrogen (secondary N) is 1. The highest BCUT2D eigenvalue weighted by Crippen LogP contribution is 2.30. The second-order valence-corrected chi connectivity index (χ2v) is 7.01. The van der Waals surface area contributed by atoms with Crippen molar-refractivity contribution >= 4 is 0 Å². The Hall–Kier alpha value is -0.330. The van der Waals surface area contributed by atoms with Crippen LogP contribution >= 0.6 is 0 Å². The van der Waals surface area contributed by atoms with E-state index in [0.29, 0.717) is 25.4 Å². The molecule has 130 valence electrons. The molecule has 1 saturated carbocycles. The molecule has 22 heavy (non-hydrogen) atoms. The normalized spacial score (nSPS) is 28.9. The van der Waals surface area contributed by atoms with Crippen LogP contribution in [0.1, 0.15) is 44.9 Å². The van der Waals surface area contributed by atoms with Crippen molar-refractivity contribution < 1.29 is 18.3 Å². The van der Waals surface area contributed by atoms with E-state index < -0.39 is 12.6 Å². The third kappa shape index (κ3) is 6.42. The van der Waals surface area contributed by atoms with Gasteiger partial charge in [-0.2, -0.15) is 13.2 Å². The molecule has 0 aromatic carbocycles. The molecule has 0 amide bonds. The van der Waals surface area contributed by atoms with Crippen LogP contribution in [-0.4, -0.2) is 55.0 Å². The van der Waals surface area contributed by atoms with Gasteiger partial charge in [-0.3, -0.25) is 4.90 Å². The van der Waals surface area contributed by atoms with Crippen LogP contribution in [0.4, 0.5) is 13.2 Å². The van der Waals surface area contributed by atoms with E-state index in [2.05, 4.69) is 5.32 Å². The van der Waals surface area contributed by atoms with Gasteiger partial charge in [0.25, 0.3) is 0 Å². The molecule has 2 aliphatic rings. The number of nitrogens with zero attached hydrogens (tertiary/aromatic N) is 1. The average Bonchev–Trinajstić information content (AvgIpc) is 2.44. The fourth-order valence-corrected chi connectivity index (χ4v) is 3.97. The number of hydrogen-bond donors (Lipinski definition) is 2. The Balaban J connectivity index is 1.82. The van der Waals surface area contributed by atoms with Crippen LogP contribution in [0.25, 0.3) is 0 Å². The van der Waals surface area contributed by atoms with E-state index in [-0.39, 0.29) is 18.6 Å². The van der Waals surface area contributed by atoms with Gasteiger partial charge in [-0.25, -0.2) is 0 Å². The highest BCUT2D eigenvalue weighted by atomic mass is 19.4. The molecule has 6 heteroatoms. The quantitative estimate of drug-likeness (QED) is 0.789. The van der Waals surface area contributed by atoms with Crippen LogP contribution in [0.5, 0.6) is 0 Å². The minimum Gasteiger partial charge on any atom is -0.395 e. The zero-order chi connectivity index (χ0) is 16.0. The fraction of sp³-hybridized carbons (Fsp3) is 1.00. The second-order valence-electron chi connectivity index (χ2n) is 7.01. The van der Waals surface area contributed by atoms with Crippen LogP contribution in [0.2, 0.25) is 0 Å². The summed E-state index contributed by atoms with van der Waals surface area (Å²) in [7, 11) is 0. The van der Waals surface area contributed by atoms with Gasteiger partial charge in [0, 0.05) is 32.1 Å². The molecule has 2 N–H and O–H groups in total. The summed E-state index contributed by atoms with van der Waals surface area (Å²) in [6.07, 6.45) is 2.15. The van der Waals surface area contributed by atoms with Crippen LogP contribution in [0, 0.1) is 11.8 Å². The average molecular weight is 322 g/mol. The molecule has 1 aliphatic heterocycles. The van der Waals surface area contributed by atoms with Gasteiger partial charge in [0.1, 0.15) is 0 Å². The third-order valence-electron chi connectivity index (χ3n) is 4.97. The Labute approximate surface area is 131 Å². The first-order chi connectivity index (χ1) is 10.5. The summed E-state index contributed by atoms with van der Waals surface area (Å²) in [5.41, 5.74) is 0. The molecule has 2 fully saturated rings. The van der Waals surface area contributed by atoms with Crippen molar-refractivity contribution in [3.05, 3.63) is 0 Å². The summed E-state index contributed by atoms with van der Waals surface area (Å²) < 4.78 is 38.0. The summed E-state index contributed by atoms with van der Waals surface area (Å²) in [5.74, 6) is 0.326.